The van der Waals surface area contributed by atoms with Crippen LogP contribution in [0.2, 0.25) is 0 Å². The minimum atomic E-state index is -0.615. The van der Waals surface area contributed by atoms with Crippen molar-refractivity contribution in [2.45, 2.75) is 17.9 Å². The van der Waals surface area contributed by atoms with Crippen LogP contribution in [0.4, 0.5) is 0 Å². The minimum absolute atomic E-state index is 0.615. The number of hydrogen-bond donors (Lipinski definition) is 1. The molecule has 100 valence electrons. The van der Waals surface area contributed by atoms with Crippen molar-refractivity contribution in [3.05, 3.63) is 59.7 Å². The smallest absolute Gasteiger partial charge is 0.119 e. The number of hydrogen-bond acceptors (Lipinski definition) is 3. The number of thioether (sulfide) groups is 1. The van der Waals surface area contributed by atoms with E-state index in [0.717, 1.165) is 16.9 Å². The fraction of sp³-hybridized carbons (Fsp3) is 0.250. The van der Waals surface area contributed by atoms with Crippen LogP contribution in [0.25, 0.3) is 0 Å². The van der Waals surface area contributed by atoms with Gasteiger partial charge in [0, 0.05) is 4.90 Å². The monoisotopic (exact) mass is 274 g/mol. The van der Waals surface area contributed by atoms with Crippen LogP contribution in [0.5, 0.6) is 5.75 Å². The van der Waals surface area contributed by atoms with Gasteiger partial charge in [0.15, 0.2) is 0 Å². The molecule has 2 aromatic rings. The highest BCUT2D eigenvalue weighted by atomic mass is 32.2. The third kappa shape index (κ3) is 3.52. The maximum absolute atomic E-state index is 10.4. The summed E-state index contributed by atoms with van der Waals surface area (Å²) < 4.78 is 5.45. The molecule has 0 fully saturated rings. The van der Waals surface area contributed by atoms with E-state index in [1.54, 1.807) is 11.8 Å². The SMILES string of the molecule is CCOc1cccc(C(O)c2ccc(SC)cc2)c1. The quantitative estimate of drug-likeness (QED) is 0.839. The number of aliphatic hydroxyl groups is 1. The molecule has 1 unspecified atom stereocenters. The lowest BCUT2D eigenvalue weighted by Crippen LogP contribution is -2.00. The second-order valence-corrected chi connectivity index (χ2v) is 5.06. The largest absolute Gasteiger partial charge is 0.494 e. The number of aliphatic hydroxyl groups excluding tert-OH is 1. The van der Waals surface area contributed by atoms with Gasteiger partial charge in [0.1, 0.15) is 11.9 Å². The molecule has 0 radical (unpaired) electrons. The van der Waals surface area contributed by atoms with Crippen LogP contribution >= 0.6 is 11.8 Å². The maximum Gasteiger partial charge on any atom is 0.119 e. The lowest BCUT2D eigenvalue weighted by molar-refractivity contribution is 0.219. The Labute approximate surface area is 118 Å². The van der Waals surface area contributed by atoms with Gasteiger partial charge in [0.25, 0.3) is 0 Å². The fourth-order valence-electron chi connectivity index (χ4n) is 1.92. The van der Waals surface area contributed by atoms with E-state index in [1.807, 2.05) is 61.7 Å². The van der Waals surface area contributed by atoms with Gasteiger partial charge in [-0.05, 0) is 48.6 Å². The van der Waals surface area contributed by atoms with Crippen molar-refractivity contribution < 1.29 is 9.84 Å². The standard InChI is InChI=1S/C16H18O2S/c1-3-18-14-6-4-5-13(11-14)16(17)12-7-9-15(19-2)10-8-12/h4-11,16-17H,3H2,1-2H3. The Balaban J connectivity index is 2.22. The molecule has 2 aromatic carbocycles. The molecule has 0 spiro atoms. The Hall–Kier alpha value is -1.45. The van der Waals surface area contributed by atoms with Crippen LogP contribution in [0.3, 0.4) is 0 Å². The number of ether oxygens (including phenoxy) is 1. The van der Waals surface area contributed by atoms with Gasteiger partial charge in [-0.15, -0.1) is 11.8 Å². The lowest BCUT2D eigenvalue weighted by atomic mass is 10.0. The number of rotatable bonds is 5. The Bertz CT molecular complexity index is 523. The molecule has 0 amide bonds. The molecule has 1 N–H and O–H groups in total. The average molecular weight is 274 g/mol. The summed E-state index contributed by atoms with van der Waals surface area (Å²) in [5, 5.41) is 10.4. The Morgan fingerprint density at radius 1 is 1.11 bits per heavy atom. The first-order valence-corrected chi connectivity index (χ1v) is 7.52. The summed E-state index contributed by atoms with van der Waals surface area (Å²) >= 11 is 1.69. The van der Waals surface area contributed by atoms with Crippen LogP contribution in [-0.4, -0.2) is 18.0 Å². The summed E-state index contributed by atoms with van der Waals surface area (Å²) in [6, 6.07) is 15.6. The predicted molar refractivity (Wildman–Crippen MR) is 79.9 cm³/mol. The molecule has 2 rings (SSSR count). The molecular weight excluding hydrogens is 256 g/mol. The molecule has 0 aromatic heterocycles. The van der Waals surface area contributed by atoms with E-state index in [0.29, 0.717) is 6.61 Å². The topological polar surface area (TPSA) is 29.5 Å². The third-order valence-corrected chi connectivity index (χ3v) is 3.66. The zero-order chi connectivity index (χ0) is 13.7. The first kappa shape index (κ1) is 14.0. The Kier molecular flexibility index (Phi) is 4.88. The normalized spacial score (nSPS) is 12.2. The van der Waals surface area contributed by atoms with Gasteiger partial charge >= 0.3 is 0 Å². The summed E-state index contributed by atoms with van der Waals surface area (Å²) in [5.41, 5.74) is 1.74. The summed E-state index contributed by atoms with van der Waals surface area (Å²) in [4.78, 5) is 1.19. The Morgan fingerprint density at radius 3 is 2.47 bits per heavy atom. The van der Waals surface area contributed by atoms with Gasteiger partial charge in [-0.1, -0.05) is 24.3 Å². The van der Waals surface area contributed by atoms with Crippen LogP contribution in [0, 0.1) is 0 Å². The third-order valence-electron chi connectivity index (χ3n) is 2.92. The number of benzene rings is 2. The van der Waals surface area contributed by atoms with Gasteiger partial charge in [-0.2, -0.15) is 0 Å². The molecule has 0 aliphatic heterocycles. The highest BCUT2D eigenvalue weighted by Crippen LogP contribution is 2.26. The summed E-state index contributed by atoms with van der Waals surface area (Å²) in [7, 11) is 0. The summed E-state index contributed by atoms with van der Waals surface area (Å²) in [6.45, 7) is 2.58. The van der Waals surface area contributed by atoms with Crippen molar-refractivity contribution in [3.63, 3.8) is 0 Å². The fourth-order valence-corrected chi connectivity index (χ4v) is 2.33. The molecular formula is C16H18O2S. The van der Waals surface area contributed by atoms with Crippen LogP contribution in [-0.2, 0) is 0 Å². The molecule has 0 heterocycles. The molecule has 0 aliphatic carbocycles. The zero-order valence-corrected chi connectivity index (χ0v) is 12.0. The van der Waals surface area contributed by atoms with Gasteiger partial charge < -0.3 is 9.84 Å². The van der Waals surface area contributed by atoms with E-state index >= 15 is 0 Å². The second-order valence-electron chi connectivity index (χ2n) is 4.18. The van der Waals surface area contributed by atoms with Crippen LogP contribution in [0.15, 0.2) is 53.4 Å². The molecule has 1 atom stereocenters. The predicted octanol–water partition coefficient (Wildman–Crippen LogP) is 3.89. The van der Waals surface area contributed by atoms with E-state index in [9.17, 15) is 5.11 Å². The highest BCUT2D eigenvalue weighted by molar-refractivity contribution is 7.98. The van der Waals surface area contributed by atoms with Gasteiger partial charge in [0.2, 0.25) is 0 Å². The molecule has 2 nitrogen and oxygen atoms in total. The van der Waals surface area contributed by atoms with Crippen LogP contribution in [0.1, 0.15) is 24.2 Å². The first-order chi connectivity index (χ1) is 9.24. The highest BCUT2D eigenvalue weighted by Gasteiger charge is 2.11. The van der Waals surface area contributed by atoms with E-state index in [1.165, 1.54) is 4.90 Å². The van der Waals surface area contributed by atoms with Crippen molar-refractivity contribution in [2.24, 2.45) is 0 Å². The molecule has 0 saturated heterocycles. The van der Waals surface area contributed by atoms with Crippen molar-refractivity contribution >= 4 is 11.8 Å². The zero-order valence-electron chi connectivity index (χ0n) is 11.2. The van der Waals surface area contributed by atoms with E-state index in [4.69, 9.17) is 4.74 Å². The van der Waals surface area contributed by atoms with E-state index in [-0.39, 0.29) is 0 Å². The molecule has 0 bridgehead atoms. The van der Waals surface area contributed by atoms with Crippen molar-refractivity contribution in [2.75, 3.05) is 12.9 Å². The van der Waals surface area contributed by atoms with Gasteiger partial charge in [0.05, 0.1) is 6.61 Å². The first-order valence-electron chi connectivity index (χ1n) is 6.29. The van der Waals surface area contributed by atoms with E-state index in [2.05, 4.69) is 0 Å². The van der Waals surface area contributed by atoms with E-state index < -0.39 is 6.10 Å². The van der Waals surface area contributed by atoms with Crippen molar-refractivity contribution in [1.29, 1.82) is 0 Å². The second kappa shape index (κ2) is 6.64. The van der Waals surface area contributed by atoms with Crippen LogP contribution < -0.4 is 4.74 Å². The summed E-state index contributed by atoms with van der Waals surface area (Å²) in [5.74, 6) is 0.791. The maximum atomic E-state index is 10.4. The average Bonchev–Trinajstić information content (AvgIpc) is 2.47. The Morgan fingerprint density at radius 2 is 1.84 bits per heavy atom. The van der Waals surface area contributed by atoms with Gasteiger partial charge in [-0.25, -0.2) is 0 Å². The molecule has 0 aliphatic rings. The molecule has 3 heteroatoms. The van der Waals surface area contributed by atoms with Crippen molar-refractivity contribution in [3.8, 4) is 5.75 Å². The lowest BCUT2D eigenvalue weighted by Gasteiger charge is -2.13. The molecule has 0 saturated carbocycles. The van der Waals surface area contributed by atoms with Gasteiger partial charge in [-0.3, -0.25) is 0 Å². The molecule has 19 heavy (non-hydrogen) atoms. The van der Waals surface area contributed by atoms with Crippen molar-refractivity contribution in [1.82, 2.24) is 0 Å². The minimum Gasteiger partial charge on any atom is -0.494 e. The summed E-state index contributed by atoms with van der Waals surface area (Å²) in [6.07, 6.45) is 1.42.